The van der Waals surface area contributed by atoms with Crippen molar-refractivity contribution >= 4 is 0 Å². The van der Waals surface area contributed by atoms with Gasteiger partial charge in [0.25, 0.3) is 0 Å². The molecule has 0 unspecified atom stereocenters. The highest BCUT2D eigenvalue weighted by Crippen LogP contribution is 2.16. The molecule has 0 aliphatic carbocycles. The summed E-state index contributed by atoms with van der Waals surface area (Å²) in [6, 6.07) is 12.9. The van der Waals surface area contributed by atoms with Gasteiger partial charge in [-0.15, -0.1) is 0 Å². The second-order valence-electron chi connectivity index (χ2n) is 4.61. The zero-order chi connectivity index (χ0) is 13.0. The molecule has 2 aromatic rings. The Morgan fingerprint density at radius 2 is 1.89 bits per heavy atom. The second-order valence-corrected chi connectivity index (χ2v) is 4.61. The minimum atomic E-state index is -0.0408. The largest absolute Gasteiger partial charge is 0.478 e. The first kappa shape index (κ1) is 12.4. The standard InChI is InChI=1S/C15H17NO2/c1-12(2)11-18-15-10-14(17)8-9-16(15)13-6-4-3-5-7-13/h3-10,12H,11H2,1-2H3. The second kappa shape index (κ2) is 5.54. The van der Waals surface area contributed by atoms with Gasteiger partial charge in [0.05, 0.1) is 6.61 Å². The molecule has 1 aromatic heterocycles. The van der Waals surface area contributed by atoms with Crippen molar-refractivity contribution in [2.75, 3.05) is 6.61 Å². The van der Waals surface area contributed by atoms with E-state index in [0.717, 1.165) is 5.69 Å². The number of nitrogens with zero attached hydrogens (tertiary/aromatic N) is 1. The van der Waals surface area contributed by atoms with Gasteiger partial charge in [-0.25, -0.2) is 0 Å². The minimum absolute atomic E-state index is 0.0408. The molecule has 0 aliphatic rings. The maximum atomic E-state index is 11.4. The van der Waals surface area contributed by atoms with E-state index in [1.54, 1.807) is 6.20 Å². The molecule has 0 aliphatic heterocycles. The van der Waals surface area contributed by atoms with Crippen LogP contribution in [0.1, 0.15) is 13.8 Å². The average Bonchev–Trinajstić information content (AvgIpc) is 2.37. The summed E-state index contributed by atoms with van der Waals surface area (Å²) >= 11 is 0. The van der Waals surface area contributed by atoms with Gasteiger partial charge in [0.1, 0.15) is 0 Å². The first-order valence-electron chi connectivity index (χ1n) is 6.08. The lowest BCUT2D eigenvalue weighted by molar-refractivity contribution is 0.255. The molecule has 3 nitrogen and oxygen atoms in total. The summed E-state index contributed by atoms with van der Waals surface area (Å²) in [5.74, 6) is 1.01. The predicted molar refractivity (Wildman–Crippen MR) is 72.4 cm³/mol. The average molecular weight is 243 g/mol. The molecule has 0 fully saturated rings. The van der Waals surface area contributed by atoms with Crippen molar-refractivity contribution in [3.63, 3.8) is 0 Å². The molecule has 0 saturated heterocycles. The lowest BCUT2D eigenvalue weighted by atomic mass is 10.2. The zero-order valence-corrected chi connectivity index (χ0v) is 10.7. The van der Waals surface area contributed by atoms with Crippen LogP contribution in [0.2, 0.25) is 0 Å². The van der Waals surface area contributed by atoms with Crippen LogP contribution in [0.5, 0.6) is 5.88 Å². The van der Waals surface area contributed by atoms with Gasteiger partial charge < -0.3 is 4.74 Å². The van der Waals surface area contributed by atoms with Crippen LogP contribution < -0.4 is 10.2 Å². The Kier molecular flexibility index (Phi) is 3.82. The van der Waals surface area contributed by atoms with E-state index in [1.807, 2.05) is 34.9 Å². The highest BCUT2D eigenvalue weighted by Gasteiger charge is 2.05. The predicted octanol–water partition coefficient (Wildman–Crippen LogP) is 2.87. The van der Waals surface area contributed by atoms with E-state index in [9.17, 15) is 4.79 Å². The summed E-state index contributed by atoms with van der Waals surface area (Å²) in [5, 5.41) is 0. The normalized spacial score (nSPS) is 10.6. The molecule has 0 bridgehead atoms. The minimum Gasteiger partial charge on any atom is -0.478 e. The van der Waals surface area contributed by atoms with Crippen LogP contribution in [0.25, 0.3) is 5.69 Å². The number of aromatic nitrogens is 1. The van der Waals surface area contributed by atoms with Gasteiger partial charge >= 0.3 is 0 Å². The van der Waals surface area contributed by atoms with E-state index in [4.69, 9.17) is 4.74 Å². The van der Waals surface area contributed by atoms with Crippen LogP contribution in [-0.2, 0) is 0 Å². The molecule has 3 heteroatoms. The van der Waals surface area contributed by atoms with E-state index in [1.165, 1.54) is 12.1 Å². The fourth-order valence-corrected chi connectivity index (χ4v) is 1.63. The molecule has 0 N–H and O–H groups in total. The first-order valence-corrected chi connectivity index (χ1v) is 6.08. The summed E-state index contributed by atoms with van der Waals surface area (Å²) in [6.07, 6.45) is 1.74. The smallest absolute Gasteiger partial charge is 0.201 e. The lowest BCUT2D eigenvalue weighted by Crippen LogP contribution is -2.12. The van der Waals surface area contributed by atoms with Crippen LogP contribution in [-0.4, -0.2) is 11.2 Å². The van der Waals surface area contributed by atoms with Gasteiger partial charge in [-0.1, -0.05) is 32.0 Å². The number of hydrogen-bond donors (Lipinski definition) is 0. The Labute approximate surface area is 107 Å². The molecule has 0 saturated carbocycles. The van der Waals surface area contributed by atoms with E-state index < -0.39 is 0 Å². The maximum Gasteiger partial charge on any atom is 0.201 e. The van der Waals surface area contributed by atoms with Crippen LogP contribution in [0, 0.1) is 5.92 Å². The third kappa shape index (κ3) is 3.00. The van der Waals surface area contributed by atoms with Crippen molar-refractivity contribution < 1.29 is 4.74 Å². The van der Waals surface area contributed by atoms with Gasteiger partial charge in [-0.2, -0.15) is 0 Å². The topological polar surface area (TPSA) is 31.2 Å². The summed E-state index contributed by atoms with van der Waals surface area (Å²) in [5.41, 5.74) is 0.942. The molecule has 0 spiro atoms. The van der Waals surface area contributed by atoms with Crippen molar-refractivity contribution in [2.24, 2.45) is 5.92 Å². The Hall–Kier alpha value is -2.03. The molecular weight excluding hydrogens is 226 g/mol. The van der Waals surface area contributed by atoms with E-state index in [2.05, 4.69) is 13.8 Å². The number of benzene rings is 1. The molecule has 2 rings (SSSR count). The zero-order valence-electron chi connectivity index (χ0n) is 10.7. The van der Waals surface area contributed by atoms with Gasteiger partial charge in [-0.05, 0) is 18.1 Å². The van der Waals surface area contributed by atoms with Crippen molar-refractivity contribution in [3.8, 4) is 11.6 Å². The fourth-order valence-electron chi connectivity index (χ4n) is 1.63. The van der Waals surface area contributed by atoms with E-state index in [-0.39, 0.29) is 5.43 Å². The highest BCUT2D eigenvalue weighted by atomic mass is 16.5. The van der Waals surface area contributed by atoms with Crippen LogP contribution in [0.4, 0.5) is 0 Å². The third-order valence-electron chi connectivity index (χ3n) is 2.49. The molecule has 94 valence electrons. The molecule has 0 atom stereocenters. The van der Waals surface area contributed by atoms with Crippen LogP contribution in [0.3, 0.4) is 0 Å². The van der Waals surface area contributed by atoms with Crippen molar-refractivity contribution in [3.05, 3.63) is 58.9 Å². The van der Waals surface area contributed by atoms with Gasteiger partial charge in [0.15, 0.2) is 5.43 Å². The highest BCUT2D eigenvalue weighted by molar-refractivity contribution is 5.36. The van der Waals surface area contributed by atoms with Crippen molar-refractivity contribution in [2.45, 2.75) is 13.8 Å². The first-order chi connectivity index (χ1) is 8.66. The number of ether oxygens (including phenoxy) is 1. The SMILES string of the molecule is CC(C)COc1cc(=O)ccn1-c1ccccc1. The quantitative estimate of drug-likeness (QED) is 0.826. The Morgan fingerprint density at radius 3 is 2.56 bits per heavy atom. The van der Waals surface area contributed by atoms with Crippen LogP contribution in [0.15, 0.2) is 53.5 Å². The lowest BCUT2D eigenvalue weighted by Gasteiger charge is -2.15. The monoisotopic (exact) mass is 243 g/mol. The Balaban J connectivity index is 2.38. The number of rotatable bonds is 4. The van der Waals surface area contributed by atoms with Crippen molar-refractivity contribution in [1.29, 1.82) is 0 Å². The number of pyridine rings is 1. The summed E-state index contributed by atoms with van der Waals surface area (Å²) in [4.78, 5) is 11.4. The maximum absolute atomic E-state index is 11.4. The van der Waals surface area contributed by atoms with Crippen LogP contribution >= 0.6 is 0 Å². The number of para-hydroxylation sites is 1. The third-order valence-corrected chi connectivity index (χ3v) is 2.49. The summed E-state index contributed by atoms with van der Waals surface area (Å²) in [7, 11) is 0. The van der Waals surface area contributed by atoms with Gasteiger partial charge in [0, 0.05) is 24.0 Å². The Morgan fingerprint density at radius 1 is 1.17 bits per heavy atom. The molecule has 1 aromatic carbocycles. The number of hydrogen-bond acceptors (Lipinski definition) is 2. The Bertz CT molecular complexity index is 558. The fraction of sp³-hybridized carbons (Fsp3) is 0.267. The molecular formula is C15H17NO2. The van der Waals surface area contributed by atoms with Gasteiger partial charge in [0.2, 0.25) is 5.88 Å². The van der Waals surface area contributed by atoms with E-state index in [0.29, 0.717) is 18.4 Å². The molecule has 18 heavy (non-hydrogen) atoms. The molecule has 1 heterocycles. The van der Waals surface area contributed by atoms with E-state index >= 15 is 0 Å². The molecule has 0 amide bonds. The summed E-state index contributed by atoms with van der Waals surface area (Å²) in [6.45, 7) is 4.75. The summed E-state index contributed by atoms with van der Waals surface area (Å²) < 4.78 is 7.58. The van der Waals surface area contributed by atoms with Crippen molar-refractivity contribution in [1.82, 2.24) is 4.57 Å². The van der Waals surface area contributed by atoms with Gasteiger partial charge in [-0.3, -0.25) is 9.36 Å². The molecule has 0 radical (unpaired) electrons.